The molecule has 1 aromatic rings. The zero-order valence-corrected chi connectivity index (χ0v) is 8.34. The van der Waals surface area contributed by atoms with E-state index in [0.717, 1.165) is 0 Å². The van der Waals surface area contributed by atoms with Gasteiger partial charge < -0.3 is 5.32 Å². The first-order chi connectivity index (χ1) is 6.09. The van der Waals surface area contributed by atoms with Crippen LogP contribution < -0.4 is 5.32 Å². The summed E-state index contributed by atoms with van der Waals surface area (Å²) in [4.78, 5) is 0. The minimum absolute atomic E-state index is 0.479. The van der Waals surface area contributed by atoms with Gasteiger partial charge in [0.05, 0.1) is 23.8 Å². The second-order valence-electron chi connectivity index (χ2n) is 3.05. The molecule has 0 bridgehead atoms. The summed E-state index contributed by atoms with van der Waals surface area (Å²) in [6.45, 7) is 2.29. The molecule has 70 valence electrons. The highest BCUT2D eigenvalue weighted by Gasteiger charge is 2.21. The molecule has 1 unspecified atom stereocenters. The molecule has 0 spiro atoms. The van der Waals surface area contributed by atoms with Crippen LogP contribution in [0.2, 0.25) is 5.02 Å². The molecule has 4 nitrogen and oxygen atoms in total. The van der Waals surface area contributed by atoms with Gasteiger partial charge in [0, 0.05) is 6.20 Å². The van der Waals surface area contributed by atoms with E-state index in [4.69, 9.17) is 16.9 Å². The van der Waals surface area contributed by atoms with Crippen LogP contribution in [0.5, 0.6) is 0 Å². The summed E-state index contributed by atoms with van der Waals surface area (Å²) < 4.78 is 1.64. The van der Waals surface area contributed by atoms with Crippen molar-refractivity contribution in [3.63, 3.8) is 0 Å². The molecule has 0 aliphatic carbocycles. The first-order valence-electron chi connectivity index (χ1n) is 3.88. The van der Waals surface area contributed by atoms with E-state index in [2.05, 4.69) is 16.5 Å². The van der Waals surface area contributed by atoms with Gasteiger partial charge in [-0.2, -0.15) is 10.4 Å². The Labute approximate surface area is 82.1 Å². The summed E-state index contributed by atoms with van der Waals surface area (Å²) in [7, 11) is 1.74. The standard InChI is InChI=1S/C8H11ClN4/c1-8(5-10,11-2)6-13-4-7(9)3-12-13/h3-4,11H,6H2,1-2H3. The summed E-state index contributed by atoms with van der Waals surface area (Å²) in [5.74, 6) is 0. The van der Waals surface area contributed by atoms with Crippen LogP contribution >= 0.6 is 11.6 Å². The Balaban J connectivity index is 2.74. The van der Waals surface area contributed by atoms with Gasteiger partial charge in [-0.1, -0.05) is 11.6 Å². The average molecular weight is 199 g/mol. The summed E-state index contributed by atoms with van der Waals surface area (Å²) in [6, 6.07) is 2.17. The van der Waals surface area contributed by atoms with Gasteiger partial charge in [-0.05, 0) is 14.0 Å². The first-order valence-corrected chi connectivity index (χ1v) is 4.25. The van der Waals surface area contributed by atoms with Crippen molar-refractivity contribution in [2.45, 2.75) is 19.0 Å². The van der Waals surface area contributed by atoms with Gasteiger partial charge in [0.25, 0.3) is 0 Å². The van der Waals surface area contributed by atoms with E-state index in [-0.39, 0.29) is 0 Å². The van der Waals surface area contributed by atoms with Crippen molar-refractivity contribution >= 4 is 11.6 Å². The Hall–Kier alpha value is -1.05. The molecule has 1 aromatic heterocycles. The maximum Gasteiger partial charge on any atom is 0.123 e. The van der Waals surface area contributed by atoms with E-state index >= 15 is 0 Å². The molecular formula is C8H11ClN4. The van der Waals surface area contributed by atoms with Gasteiger partial charge in [0.2, 0.25) is 0 Å². The van der Waals surface area contributed by atoms with E-state index in [1.165, 1.54) is 0 Å². The normalized spacial score (nSPS) is 14.9. The lowest BCUT2D eigenvalue weighted by atomic mass is 10.1. The SMILES string of the molecule is CNC(C)(C#N)Cn1cc(Cl)cn1. The van der Waals surface area contributed by atoms with Crippen molar-refractivity contribution in [1.82, 2.24) is 15.1 Å². The molecule has 0 radical (unpaired) electrons. The smallest absolute Gasteiger partial charge is 0.123 e. The van der Waals surface area contributed by atoms with E-state index in [9.17, 15) is 0 Å². The van der Waals surface area contributed by atoms with Crippen LogP contribution in [0.3, 0.4) is 0 Å². The van der Waals surface area contributed by atoms with Crippen molar-refractivity contribution < 1.29 is 0 Å². The number of hydrogen-bond acceptors (Lipinski definition) is 3. The maximum absolute atomic E-state index is 8.87. The molecule has 0 aromatic carbocycles. The van der Waals surface area contributed by atoms with Crippen molar-refractivity contribution in [3.8, 4) is 6.07 Å². The lowest BCUT2D eigenvalue weighted by molar-refractivity contribution is 0.396. The first kappa shape index (κ1) is 10.0. The van der Waals surface area contributed by atoms with Gasteiger partial charge in [0.1, 0.15) is 5.54 Å². The second-order valence-corrected chi connectivity index (χ2v) is 3.49. The highest BCUT2D eigenvalue weighted by molar-refractivity contribution is 6.30. The number of rotatable bonds is 3. The van der Waals surface area contributed by atoms with Gasteiger partial charge in [-0.3, -0.25) is 4.68 Å². The third kappa shape index (κ3) is 2.44. The summed E-state index contributed by atoms with van der Waals surface area (Å²) >= 11 is 5.69. The number of likely N-dealkylation sites (N-methyl/N-ethyl adjacent to an activating group) is 1. The summed E-state index contributed by atoms with van der Waals surface area (Å²) in [5, 5.41) is 16.4. The van der Waals surface area contributed by atoms with E-state index in [0.29, 0.717) is 11.6 Å². The Morgan fingerprint density at radius 3 is 2.92 bits per heavy atom. The fourth-order valence-electron chi connectivity index (χ4n) is 0.919. The number of nitrogens with zero attached hydrogens (tertiary/aromatic N) is 3. The van der Waals surface area contributed by atoms with Crippen LogP contribution in [0, 0.1) is 11.3 Å². The average Bonchev–Trinajstić information content (AvgIpc) is 2.51. The molecule has 0 fully saturated rings. The van der Waals surface area contributed by atoms with Crippen molar-refractivity contribution in [3.05, 3.63) is 17.4 Å². The highest BCUT2D eigenvalue weighted by atomic mass is 35.5. The molecule has 0 aliphatic rings. The van der Waals surface area contributed by atoms with Gasteiger partial charge in [-0.15, -0.1) is 0 Å². The van der Waals surface area contributed by atoms with Crippen LogP contribution in [0.25, 0.3) is 0 Å². The molecule has 0 saturated carbocycles. The molecule has 0 saturated heterocycles. The molecule has 0 aliphatic heterocycles. The molecule has 0 amide bonds. The van der Waals surface area contributed by atoms with Gasteiger partial charge >= 0.3 is 0 Å². The zero-order chi connectivity index (χ0) is 9.90. The lowest BCUT2D eigenvalue weighted by Gasteiger charge is -2.20. The monoisotopic (exact) mass is 198 g/mol. The Bertz CT molecular complexity index is 327. The fraction of sp³-hybridized carbons (Fsp3) is 0.500. The highest BCUT2D eigenvalue weighted by Crippen LogP contribution is 2.09. The zero-order valence-electron chi connectivity index (χ0n) is 7.58. The quantitative estimate of drug-likeness (QED) is 0.790. The topological polar surface area (TPSA) is 53.6 Å². The number of nitriles is 1. The minimum atomic E-state index is -0.602. The number of halogens is 1. The van der Waals surface area contributed by atoms with Crippen molar-refractivity contribution in [2.75, 3.05) is 7.05 Å². The molecule has 1 N–H and O–H groups in total. The molecule has 5 heteroatoms. The molecule has 1 rings (SSSR count). The maximum atomic E-state index is 8.87. The predicted octanol–water partition coefficient (Wildman–Crippen LogP) is 1.04. The Kier molecular flexibility index (Phi) is 2.91. The van der Waals surface area contributed by atoms with E-state index in [1.807, 2.05) is 6.92 Å². The molecular weight excluding hydrogens is 188 g/mol. The summed E-state index contributed by atoms with van der Waals surface area (Å²) in [6.07, 6.45) is 3.24. The minimum Gasteiger partial charge on any atom is -0.301 e. The van der Waals surface area contributed by atoms with Gasteiger partial charge in [0.15, 0.2) is 0 Å². The second kappa shape index (κ2) is 3.77. The number of aromatic nitrogens is 2. The summed E-state index contributed by atoms with van der Waals surface area (Å²) in [5.41, 5.74) is -0.602. The van der Waals surface area contributed by atoms with E-state index in [1.54, 1.807) is 24.1 Å². The number of nitrogens with one attached hydrogen (secondary N) is 1. The Morgan fingerprint density at radius 2 is 2.54 bits per heavy atom. The largest absolute Gasteiger partial charge is 0.301 e. The lowest BCUT2D eigenvalue weighted by Crippen LogP contribution is -2.42. The number of hydrogen-bond donors (Lipinski definition) is 1. The fourth-order valence-corrected chi connectivity index (χ4v) is 1.08. The molecule has 13 heavy (non-hydrogen) atoms. The third-order valence-electron chi connectivity index (χ3n) is 1.88. The van der Waals surface area contributed by atoms with Crippen LogP contribution in [0.15, 0.2) is 12.4 Å². The van der Waals surface area contributed by atoms with Crippen molar-refractivity contribution in [1.29, 1.82) is 5.26 Å². The predicted molar refractivity (Wildman–Crippen MR) is 50.3 cm³/mol. The van der Waals surface area contributed by atoms with Gasteiger partial charge in [-0.25, -0.2) is 0 Å². The van der Waals surface area contributed by atoms with Crippen LogP contribution in [0.1, 0.15) is 6.92 Å². The van der Waals surface area contributed by atoms with E-state index < -0.39 is 5.54 Å². The van der Waals surface area contributed by atoms with Crippen LogP contribution in [-0.2, 0) is 6.54 Å². The van der Waals surface area contributed by atoms with Crippen LogP contribution in [-0.4, -0.2) is 22.4 Å². The third-order valence-corrected chi connectivity index (χ3v) is 2.07. The van der Waals surface area contributed by atoms with Crippen molar-refractivity contribution in [2.24, 2.45) is 0 Å². The molecule has 1 heterocycles. The Morgan fingerprint density at radius 1 is 1.85 bits per heavy atom. The van der Waals surface area contributed by atoms with Crippen LogP contribution in [0.4, 0.5) is 0 Å². The molecule has 1 atom stereocenters.